The molecule has 3 rings (SSSR count). The number of furan rings is 1. The first kappa shape index (κ1) is 20.2. The first-order valence-corrected chi connectivity index (χ1v) is 10.3. The molecule has 2 aromatic carbocycles. The summed E-state index contributed by atoms with van der Waals surface area (Å²) in [7, 11) is -3.75. The van der Waals surface area contributed by atoms with E-state index in [4.69, 9.17) is 9.15 Å². The first-order valence-electron chi connectivity index (χ1n) is 8.84. The maximum absolute atomic E-state index is 12.5. The van der Waals surface area contributed by atoms with E-state index in [-0.39, 0.29) is 10.8 Å². The Morgan fingerprint density at radius 1 is 1.03 bits per heavy atom. The van der Waals surface area contributed by atoms with Crippen LogP contribution in [0.2, 0.25) is 0 Å². The highest BCUT2D eigenvalue weighted by atomic mass is 32.2. The smallest absolute Gasteiger partial charge is 0.261 e. The Labute approximate surface area is 169 Å². The molecule has 29 heavy (non-hydrogen) atoms. The van der Waals surface area contributed by atoms with Gasteiger partial charge in [-0.25, -0.2) is 8.42 Å². The van der Waals surface area contributed by atoms with Crippen molar-refractivity contribution >= 4 is 33.4 Å². The zero-order valence-corrected chi connectivity index (χ0v) is 16.5. The number of benzene rings is 2. The SMILES string of the molecule is CCOc1ccc(NS(=O)(=O)c2ccc(NC(=O)C=Cc3ccco3)cc2)cc1. The zero-order valence-electron chi connectivity index (χ0n) is 15.7. The van der Waals surface area contributed by atoms with Crippen molar-refractivity contribution in [2.75, 3.05) is 16.6 Å². The highest BCUT2D eigenvalue weighted by Crippen LogP contribution is 2.21. The summed E-state index contributed by atoms with van der Waals surface area (Å²) in [6, 6.07) is 16.0. The molecule has 7 nitrogen and oxygen atoms in total. The fourth-order valence-corrected chi connectivity index (χ4v) is 3.50. The first-order chi connectivity index (χ1) is 14.0. The molecule has 8 heteroatoms. The molecule has 1 amide bonds. The van der Waals surface area contributed by atoms with Crippen LogP contribution in [0.25, 0.3) is 6.08 Å². The molecule has 0 aliphatic rings. The van der Waals surface area contributed by atoms with Gasteiger partial charge in [0.05, 0.1) is 17.8 Å². The standard InChI is InChI=1S/C21H20N2O5S/c1-2-27-19-9-5-17(6-10-19)23-29(25,26)20-12-7-16(8-13-20)22-21(24)14-11-18-4-3-15-28-18/h3-15,23H,2H2,1H3,(H,22,24). The highest BCUT2D eigenvalue weighted by molar-refractivity contribution is 7.92. The van der Waals surface area contributed by atoms with Gasteiger partial charge in [-0.05, 0) is 73.7 Å². The Bertz CT molecular complexity index is 1070. The van der Waals surface area contributed by atoms with Gasteiger partial charge in [-0.2, -0.15) is 0 Å². The van der Waals surface area contributed by atoms with Crippen LogP contribution in [0.1, 0.15) is 12.7 Å². The number of carbonyl (C=O) groups excluding carboxylic acids is 1. The van der Waals surface area contributed by atoms with Crippen LogP contribution >= 0.6 is 0 Å². The summed E-state index contributed by atoms with van der Waals surface area (Å²) >= 11 is 0. The van der Waals surface area contributed by atoms with Gasteiger partial charge < -0.3 is 14.5 Å². The lowest BCUT2D eigenvalue weighted by atomic mass is 10.3. The molecular formula is C21H20N2O5S. The van der Waals surface area contributed by atoms with Crippen molar-refractivity contribution < 1.29 is 22.4 Å². The van der Waals surface area contributed by atoms with E-state index in [2.05, 4.69) is 10.0 Å². The molecule has 0 unspecified atom stereocenters. The average molecular weight is 412 g/mol. The fourth-order valence-electron chi connectivity index (χ4n) is 2.45. The Morgan fingerprint density at radius 2 is 1.72 bits per heavy atom. The average Bonchev–Trinajstić information content (AvgIpc) is 3.22. The Kier molecular flexibility index (Phi) is 6.36. The minimum atomic E-state index is -3.75. The molecule has 0 radical (unpaired) electrons. The normalized spacial score (nSPS) is 11.3. The van der Waals surface area contributed by atoms with Gasteiger partial charge in [-0.1, -0.05) is 0 Å². The third-order valence-electron chi connectivity index (χ3n) is 3.79. The van der Waals surface area contributed by atoms with Crippen LogP contribution in [0.4, 0.5) is 11.4 Å². The molecule has 0 saturated carbocycles. The molecular weight excluding hydrogens is 392 g/mol. The summed E-state index contributed by atoms with van der Waals surface area (Å²) in [6.45, 7) is 2.41. The van der Waals surface area contributed by atoms with Gasteiger partial charge in [-0.3, -0.25) is 9.52 Å². The number of rotatable bonds is 8. The van der Waals surface area contributed by atoms with Crippen LogP contribution in [0.3, 0.4) is 0 Å². The number of nitrogens with one attached hydrogen (secondary N) is 2. The Balaban J connectivity index is 1.62. The number of sulfonamides is 1. The minimum Gasteiger partial charge on any atom is -0.494 e. The number of ether oxygens (including phenoxy) is 1. The number of amides is 1. The van der Waals surface area contributed by atoms with E-state index in [1.807, 2.05) is 6.92 Å². The van der Waals surface area contributed by atoms with E-state index >= 15 is 0 Å². The summed E-state index contributed by atoms with van der Waals surface area (Å²) in [5.74, 6) is 0.864. The van der Waals surface area contributed by atoms with Crippen LogP contribution in [-0.4, -0.2) is 20.9 Å². The lowest BCUT2D eigenvalue weighted by molar-refractivity contribution is -0.111. The molecule has 0 bridgehead atoms. The van der Waals surface area contributed by atoms with Crippen molar-refractivity contribution in [1.29, 1.82) is 0 Å². The third kappa shape index (κ3) is 5.73. The quantitative estimate of drug-likeness (QED) is 0.542. The van der Waals surface area contributed by atoms with E-state index in [9.17, 15) is 13.2 Å². The molecule has 0 atom stereocenters. The molecule has 3 aromatic rings. The van der Waals surface area contributed by atoms with E-state index < -0.39 is 10.0 Å². The third-order valence-corrected chi connectivity index (χ3v) is 5.19. The number of anilines is 2. The number of hydrogen-bond donors (Lipinski definition) is 2. The lowest BCUT2D eigenvalue weighted by Gasteiger charge is -2.10. The van der Waals surface area contributed by atoms with Crippen molar-refractivity contribution in [3.05, 3.63) is 78.8 Å². The zero-order chi connectivity index (χ0) is 20.7. The van der Waals surface area contributed by atoms with Gasteiger partial charge in [0.15, 0.2) is 0 Å². The summed E-state index contributed by atoms with van der Waals surface area (Å²) in [5.41, 5.74) is 0.896. The van der Waals surface area contributed by atoms with Crippen molar-refractivity contribution in [3.8, 4) is 5.75 Å². The van der Waals surface area contributed by atoms with Gasteiger partial charge >= 0.3 is 0 Å². The summed E-state index contributed by atoms with van der Waals surface area (Å²) < 4.78 is 38.0. The monoisotopic (exact) mass is 412 g/mol. The van der Waals surface area contributed by atoms with Crippen molar-refractivity contribution in [2.45, 2.75) is 11.8 Å². The van der Waals surface area contributed by atoms with E-state index in [0.29, 0.717) is 29.5 Å². The molecule has 0 saturated heterocycles. The van der Waals surface area contributed by atoms with Crippen LogP contribution in [0.5, 0.6) is 5.75 Å². The van der Waals surface area contributed by atoms with Gasteiger partial charge in [0, 0.05) is 17.5 Å². The van der Waals surface area contributed by atoms with Crippen molar-refractivity contribution in [2.24, 2.45) is 0 Å². The van der Waals surface area contributed by atoms with Crippen molar-refractivity contribution in [3.63, 3.8) is 0 Å². The molecule has 150 valence electrons. The summed E-state index contributed by atoms with van der Waals surface area (Å²) in [6.07, 6.45) is 4.38. The second-order valence-electron chi connectivity index (χ2n) is 5.93. The van der Waals surface area contributed by atoms with E-state index in [1.54, 1.807) is 36.4 Å². The van der Waals surface area contributed by atoms with Crippen LogP contribution < -0.4 is 14.8 Å². The second kappa shape index (κ2) is 9.11. The van der Waals surface area contributed by atoms with Gasteiger partial charge in [0.1, 0.15) is 11.5 Å². The molecule has 0 aliphatic heterocycles. The summed E-state index contributed by atoms with van der Waals surface area (Å²) in [5, 5.41) is 2.65. The Morgan fingerprint density at radius 3 is 2.34 bits per heavy atom. The van der Waals surface area contributed by atoms with Gasteiger partial charge in [-0.15, -0.1) is 0 Å². The Hall–Kier alpha value is -3.52. The van der Waals surface area contributed by atoms with Crippen LogP contribution in [0, 0.1) is 0 Å². The summed E-state index contributed by atoms with van der Waals surface area (Å²) in [4.78, 5) is 12.0. The van der Waals surface area contributed by atoms with E-state index in [0.717, 1.165) is 0 Å². The molecule has 1 heterocycles. The largest absolute Gasteiger partial charge is 0.494 e. The number of hydrogen-bond acceptors (Lipinski definition) is 5. The molecule has 0 aliphatic carbocycles. The molecule has 0 fully saturated rings. The van der Waals surface area contributed by atoms with E-state index in [1.165, 1.54) is 42.7 Å². The minimum absolute atomic E-state index is 0.0792. The molecule has 0 spiro atoms. The highest BCUT2D eigenvalue weighted by Gasteiger charge is 2.14. The maximum Gasteiger partial charge on any atom is 0.261 e. The van der Waals surface area contributed by atoms with Gasteiger partial charge in [0.2, 0.25) is 5.91 Å². The fraction of sp³-hybridized carbons (Fsp3) is 0.0952. The van der Waals surface area contributed by atoms with Gasteiger partial charge in [0.25, 0.3) is 10.0 Å². The predicted octanol–water partition coefficient (Wildman–Crippen LogP) is 4.13. The van der Waals surface area contributed by atoms with Crippen LogP contribution in [-0.2, 0) is 14.8 Å². The number of carbonyl (C=O) groups is 1. The molecule has 1 aromatic heterocycles. The van der Waals surface area contributed by atoms with Crippen molar-refractivity contribution in [1.82, 2.24) is 0 Å². The topological polar surface area (TPSA) is 97.6 Å². The lowest BCUT2D eigenvalue weighted by Crippen LogP contribution is -2.13. The molecule has 2 N–H and O–H groups in total. The second-order valence-corrected chi connectivity index (χ2v) is 7.61. The van der Waals surface area contributed by atoms with Crippen LogP contribution in [0.15, 0.2) is 82.3 Å². The predicted molar refractivity (Wildman–Crippen MR) is 111 cm³/mol. The maximum atomic E-state index is 12.5.